The Morgan fingerprint density at radius 3 is 2.38 bits per heavy atom. The molecule has 0 aromatic carbocycles. The molecule has 0 amide bonds. The summed E-state index contributed by atoms with van der Waals surface area (Å²) in [5, 5.41) is 0. The van der Waals surface area contributed by atoms with Crippen molar-refractivity contribution in [2.75, 3.05) is 27.4 Å². The van der Waals surface area contributed by atoms with Gasteiger partial charge >= 0.3 is 19.8 Å². The lowest BCUT2D eigenvalue weighted by atomic mass is 9.95. The molecule has 10 heteroatoms. The van der Waals surface area contributed by atoms with Crippen LogP contribution in [0.15, 0.2) is 0 Å². The minimum absolute atomic E-state index is 0.0172. The highest BCUT2D eigenvalue weighted by Gasteiger charge is 2.44. The number of carbonyl (C=O) groups is 3. The molecule has 0 aromatic heterocycles. The van der Waals surface area contributed by atoms with Crippen molar-refractivity contribution in [3.8, 4) is 0 Å². The van der Waals surface area contributed by atoms with Crippen LogP contribution in [-0.2, 0) is 42.0 Å². The Morgan fingerprint density at radius 2 is 1.81 bits per heavy atom. The van der Waals surface area contributed by atoms with Crippen molar-refractivity contribution in [3.63, 3.8) is 0 Å². The molecule has 0 aromatic rings. The highest BCUT2D eigenvalue weighted by Crippen LogP contribution is 2.55. The standard InChI is InChI=1S/C16H27O9P/c1-11-9-23-26(20,24-10-16(2,3)15(19)22-5)25-14(11)12(17)7-6-8-13(18)21-4/h11,14H,6-10H2,1-5H3/t11?,14-,26-/m1/s1. The SMILES string of the molecule is COC(=O)CCCC(=O)[C@@H]1O[P@@](=O)(OCC(C)(C)C(=O)OC)OCC1C. The Morgan fingerprint density at radius 1 is 1.15 bits per heavy atom. The van der Waals surface area contributed by atoms with Gasteiger partial charge < -0.3 is 9.47 Å². The third-order valence-corrected chi connectivity index (χ3v) is 5.32. The van der Waals surface area contributed by atoms with Crippen LogP contribution < -0.4 is 0 Å². The number of ketones is 1. The molecule has 26 heavy (non-hydrogen) atoms. The van der Waals surface area contributed by atoms with Crippen LogP contribution in [0.3, 0.4) is 0 Å². The summed E-state index contributed by atoms with van der Waals surface area (Å²) in [5.41, 5.74) is -1.05. The highest BCUT2D eigenvalue weighted by atomic mass is 31.2. The number of carbonyl (C=O) groups excluding carboxylic acids is 3. The summed E-state index contributed by atoms with van der Waals surface area (Å²) in [6, 6.07) is 0. The zero-order chi connectivity index (χ0) is 20.0. The molecule has 1 unspecified atom stereocenters. The number of esters is 2. The van der Waals surface area contributed by atoms with E-state index in [0.29, 0.717) is 6.42 Å². The second kappa shape index (κ2) is 9.60. The fourth-order valence-corrected chi connectivity index (χ4v) is 3.94. The van der Waals surface area contributed by atoms with E-state index in [1.54, 1.807) is 20.8 Å². The summed E-state index contributed by atoms with van der Waals surface area (Å²) in [4.78, 5) is 35.1. The largest absolute Gasteiger partial charge is 0.475 e. The molecule has 1 aliphatic heterocycles. The number of phosphoric acid groups is 1. The molecule has 1 rings (SSSR count). The van der Waals surface area contributed by atoms with Crippen LogP contribution >= 0.6 is 7.82 Å². The number of phosphoric ester groups is 1. The molecule has 0 radical (unpaired) electrons. The molecule has 3 atom stereocenters. The average Bonchev–Trinajstić information content (AvgIpc) is 2.61. The molecule has 0 saturated carbocycles. The summed E-state index contributed by atoms with van der Waals surface area (Å²) in [6.45, 7) is 4.61. The van der Waals surface area contributed by atoms with Gasteiger partial charge in [0.05, 0.1) is 32.8 Å². The Labute approximate surface area is 153 Å². The topological polar surface area (TPSA) is 114 Å². The second-order valence-corrected chi connectivity index (χ2v) is 8.41. The lowest BCUT2D eigenvalue weighted by Crippen LogP contribution is -2.38. The third kappa shape index (κ3) is 6.46. The van der Waals surface area contributed by atoms with Gasteiger partial charge in [0.2, 0.25) is 0 Å². The number of Topliss-reactive ketones (excluding diaryl/α,β-unsaturated/α-hetero) is 1. The fraction of sp³-hybridized carbons (Fsp3) is 0.812. The summed E-state index contributed by atoms with van der Waals surface area (Å²) < 4.78 is 37.5. The van der Waals surface area contributed by atoms with Gasteiger partial charge in [0.15, 0.2) is 5.78 Å². The molecule has 1 aliphatic rings. The van der Waals surface area contributed by atoms with E-state index < -0.39 is 31.3 Å². The van der Waals surface area contributed by atoms with Crippen molar-refractivity contribution in [2.24, 2.45) is 11.3 Å². The normalized spacial score (nSPS) is 26.2. The van der Waals surface area contributed by atoms with Crippen LogP contribution in [0.5, 0.6) is 0 Å². The minimum Gasteiger partial charge on any atom is -0.469 e. The average molecular weight is 394 g/mol. The van der Waals surface area contributed by atoms with Crippen molar-refractivity contribution >= 4 is 25.5 Å². The van der Waals surface area contributed by atoms with Gasteiger partial charge in [-0.2, -0.15) is 0 Å². The quantitative estimate of drug-likeness (QED) is 0.429. The van der Waals surface area contributed by atoms with Crippen LogP contribution in [0, 0.1) is 11.3 Å². The van der Waals surface area contributed by atoms with Crippen LogP contribution in [0.2, 0.25) is 0 Å². The molecular formula is C16H27O9P. The Kier molecular flexibility index (Phi) is 8.40. The molecule has 0 bridgehead atoms. The van der Waals surface area contributed by atoms with Gasteiger partial charge in [0, 0.05) is 18.8 Å². The first-order valence-electron chi connectivity index (χ1n) is 8.30. The molecule has 1 heterocycles. The lowest BCUT2D eigenvalue weighted by molar-refractivity contribution is -0.153. The van der Waals surface area contributed by atoms with Crippen molar-refractivity contribution < 1.29 is 42.0 Å². The van der Waals surface area contributed by atoms with Gasteiger partial charge in [-0.1, -0.05) is 6.92 Å². The molecule has 150 valence electrons. The van der Waals surface area contributed by atoms with E-state index in [-0.39, 0.29) is 37.8 Å². The number of ether oxygens (including phenoxy) is 2. The van der Waals surface area contributed by atoms with Crippen LogP contribution in [-0.4, -0.2) is 51.3 Å². The molecule has 0 spiro atoms. The van der Waals surface area contributed by atoms with Gasteiger partial charge in [0.1, 0.15) is 6.10 Å². The summed E-state index contributed by atoms with van der Waals surface area (Å²) in [6.07, 6.45) is -0.466. The van der Waals surface area contributed by atoms with Crippen molar-refractivity contribution in [1.29, 1.82) is 0 Å². The number of hydrogen-bond donors (Lipinski definition) is 0. The molecule has 1 saturated heterocycles. The van der Waals surface area contributed by atoms with Crippen LogP contribution in [0.4, 0.5) is 0 Å². The van der Waals surface area contributed by atoms with E-state index in [1.807, 2.05) is 0 Å². The second-order valence-electron chi connectivity index (χ2n) is 6.79. The minimum atomic E-state index is -3.98. The summed E-state index contributed by atoms with van der Waals surface area (Å²) in [7, 11) is -1.47. The Bertz CT molecular complexity index is 572. The Balaban J connectivity index is 2.65. The van der Waals surface area contributed by atoms with E-state index in [0.717, 1.165) is 0 Å². The molecular weight excluding hydrogens is 367 g/mol. The predicted molar refractivity (Wildman–Crippen MR) is 90.2 cm³/mol. The first-order chi connectivity index (χ1) is 12.0. The van der Waals surface area contributed by atoms with Crippen LogP contribution in [0.1, 0.15) is 40.0 Å². The van der Waals surface area contributed by atoms with Crippen molar-refractivity contribution in [2.45, 2.75) is 46.1 Å². The van der Waals surface area contributed by atoms with Crippen molar-refractivity contribution in [1.82, 2.24) is 0 Å². The maximum absolute atomic E-state index is 12.6. The van der Waals surface area contributed by atoms with Gasteiger partial charge in [-0.25, -0.2) is 4.57 Å². The van der Waals surface area contributed by atoms with Gasteiger partial charge in [-0.15, -0.1) is 0 Å². The highest BCUT2D eigenvalue weighted by molar-refractivity contribution is 7.48. The number of methoxy groups -OCH3 is 2. The lowest BCUT2D eigenvalue weighted by Gasteiger charge is -2.33. The predicted octanol–water partition coefficient (Wildman–Crippen LogP) is 2.27. The van der Waals surface area contributed by atoms with Gasteiger partial charge in [-0.05, 0) is 20.3 Å². The molecule has 0 aliphatic carbocycles. The molecule has 0 N–H and O–H groups in total. The maximum Gasteiger partial charge on any atom is 0.475 e. The first kappa shape index (κ1) is 22.8. The van der Waals surface area contributed by atoms with E-state index >= 15 is 0 Å². The maximum atomic E-state index is 12.6. The fourth-order valence-electron chi connectivity index (χ4n) is 2.24. The summed E-state index contributed by atoms with van der Waals surface area (Å²) in [5.74, 6) is -1.55. The monoisotopic (exact) mass is 394 g/mol. The number of rotatable bonds is 9. The smallest absolute Gasteiger partial charge is 0.469 e. The molecule has 1 fully saturated rings. The molecule has 9 nitrogen and oxygen atoms in total. The van der Waals surface area contributed by atoms with E-state index in [1.165, 1.54) is 14.2 Å². The van der Waals surface area contributed by atoms with Gasteiger partial charge in [-0.3, -0.25) is 28.0 Å². The zero-order valence-electron chi connectivity index (χ0n) is 15.8. The third-order valence-electron chi connectivity index (χ3n) is 3.93. The van der Waals surface area contributed by atoms with Crippen molar-refractivity contribution in [3.05, 3.63) is 0 Å². The number of hydrogen-bond acceptors (Lipinski definition) is 9. The Hall–Kier alpha value is -1.28. The van der Waals surface area contributed by atoms with E-state index in [4.69, 9.17) is 13.6 Å². The first-order valence-corrected chi connectivity index (χ1v) is 9.76. The van der Waals surface area contributed by atoms with Gasteiger partial charge in [0.25, 0.3) is 0 Å². The van der Waals surface area contributed by atoms with Crippen LogP contribution in [0.25, 0.3) is 0 Å². The summed E-state index contributed by atoms with van der Waals surface area (Å²) >= 11 is 0. The zero-order valence-corrected chi connectivity index (χ0v) is 16.7. The van der Waals surface area contributed by atoms with E-state index in [9.17, 15) is 18.9 Å². The van der Waals surface area contributed by atoms with E-state index in [2.05, 4.69) is 9.47 Å².